The first kappa shape index (κ1) is 19.6. The largest absolute Gasteiger partial charge is 0.480 e. The van der Waals surface area contributed by atoms with Crippen molar-refractivity contribution in [3.8, 4) is 0 Å². The van der Waals surface area contributed by atoms with Gasteiger partial charge in [0.25, 0.3) is 0 Å². The standard InChI is InChI=1S/C22H23F3N2O2/c1-20(2)12-18(26-17-7-6-14(11-16(17)20)22(23,24)25)13-4-3-5-15(10-13)27-21(8-9-21)19(28)29/h3-7,10-11,18,26-27H,8-9,12H2,1-2H3,(H,28,29). The predicted octanol–water partition coefficient (Wildman–Crippen LogP) is 5.57. The number of benzene rings is 2. The Morgan fingerprint density at radius 2 is 1.90 bits per heavy atom. The Labute approximate surface area is 167 Å². The minimum absolute atomic E-state index is 0.0871. The molecular formula is C22H23F3N2O2. The van der Waals surface area contributed by atoms with E-state index in [1.165, 1.54) is 12.1 Å². The molecule has 0 aromatic heterocycles. The Bertz CT molecular complexity index is 965. The topological polar surface area (TPSA) is 61.4 Å². The second kappa shape index (κ2) is 6.40. The first-order valence-corrected chi connectivity index (χ1v) is 9.60. The van der Waals surface area contributed by atoms with Crippen LogP contribution < -0.4 is 10.6 Å². The molecule has 2 aliphatic rings. The monoisotopic (exact) mass is 404 g/mol. The van der Waals surface area contributed by atoms with Crippen molar-refractivity contribution in [2.75, 3.05) is 10.6 Å². The zero-order chi connectivity index (χ0) is 21.0. The number of carboxylic acid groups (broad SMARTS) is 1. The van der Waals surface area contributed by atoms with Gasteiger partial charge in [0.15, 0.2) is 0 Å². The first-order valence-electron chi connectivity index (χ1n) is 9.60. The van der Waals surface area contributed by atoms with Gasteiger partial charge >= 0.3 is 12.1 Å². The lowest BCUT2D eigenvalue weighted by atomic mass is 9.73. The SMILES string of the molecule is CC1(C)CC(c2cccc(NC3(C(=O)O)CC3)c2)Nc2ccc(C(F)(F)F)cc21. The van der Waals surface area contributed by atoms with Gasteiger partial charge in [-0.1, -0.05) is 26.0 Å². The van der Waals surface area contributed by atoms with Crippen molar-refractivity contribution in [2.45, 2.75) is 56.3 Å². The van der Waals surface area contributed by atoms with E-state index in [4.69, 9.17) is 0 Å². The summed E-state index contributed by atoms with van der Waals surface area (Å²) in [6.45, 7) is 3.90. The van der Waals surface area contributed by atoms with Crippen LogP contribution in [0.4, 0.5) is 24.5 Å². The summed E-state index contributed by atoms with van der Waals surface area (Å²) in [7, 11) is 0. The molecule has 1 aliphatic carbocycles. The third-order valence-electron chi connectivity index (χ3n) is 5.95. The summed E-state index contributed by atoms with van der Waals surface area (Å²) in [5.74, 6) is -0.853. The van der Waals surface area contributed by atoms with E-state index in [1.807, 2.05) is 38.1 Å². The van der Waals surface area contributed by atoms with Crippen LogP contribution in [0.2, 0.25) is 0 Å². The van der Waals surface area contributed by atoms with Gasteiger partial charge in [0, 0.05) is 11.4 Å². The number of hydrogen-bond acceptors (Lipinski definition) is 3. The van der Waals surface area contributed by atoms with Gasteiger partial charge in [0.2, 0.25) is 0 Å². The second-order valence-electron chi connectivity index (χ2n) is 8.68. The van der Waals surface area contributed by atoms with Gasteiger partial charge in [0.1, 0.15) is 5.54 Å². The van der Waals surface area contributed by atoms with Crippen LogP contribution in [-0.4, -0.2) is 16.6 Å². The Morgan fingerprint density at radius 1 is 1.17 bits per heavy atom. The molecule has 7 heteroatoms. The number of nitrogens with one attached hydrogen (secondary N) is 2. The average molecular weight is 404 g/mol. The van der Waals surface area contributed by atoms with E-state index in [0.717, 1.165) is 17.3 Å². The highest BCUT2D eigenvalue weighted by Gasteiger charge is 2.50. The van der Waals surface area contributed by atoms with Crippen molar-refractivity contribution < 1.29 is 23.1 Å². The maximum Gasteiger partial charge on any atom is 0.416 e. The van der Waals surface area contributed by atoms with Gasteiger partial charge < -0.3 is 15.7 Å². The van der Waals surface area contributed by atoms with Crippen LogP contribution >= 0.6 is 0 Å². The van der Waals surface area contributed by atoms with E-state index < -0.39 is 28.7 Å². The fraction of sp³-hybridized carbons (Fsp3) is 0.409. The number of carboxylic acids is 1. The number of carbonyl (C=O) groups is 1. The molecule has 1 fully saturated rings. The second-order valence-corrected chi connectivity index (χ2v) is 8.68. The zero-order valence-corrected chi connectivity index (χ0v) is 16.2. The van der Waals surface area contributed by atoms with E-state index >= 15 is 0 Å². The number of fused-ring (bicyclic) bond motifs is 1. The zero-order valence-electron chi connectivity index (χ0n) is 16.2. The molecule has 1 aliphatic heterocycles. The van der Waals surface area contributed by atoms with Crippen molar-refractivity contribution in [2.24, 2.45) is 0 Å². The number of rotatable bonds is 4. The van der Waals surface area contributed by atoms with Crippen molar-refractivity contribution in [1.82, 2.24) is 0 Å². The number of halogens is 3. The minimum atomic E-state index is -4.37. The minimum Gasteiger partial charge on any atom is -0.480 e. The quantitative estimate of drug-likeness (QED) is 0.624. The van der Waals surface area contributed by atoms with Crippen molar-refractivity contribution in [3.05, 3.63) is 59.2 Å². The Morgan fingerprint density at radius 3 is 2.52 bits per heavy atom. The lowest BCUT2D eigenvalue weighted by Gasteiger charge is -2.39. The van der Waals surface area contributed by atoms with Gasteiger partial charge in [-0.05, 0) is 66.1 Å². The molecular weight excluding hydrogens is 381 g/mol. The van der Waals surface area contributed by atoms with Gasteiger partial charge in [0.05, 0.1) is 11.6 Å². The fourth-order valence-electron chi connectivity index (χ4n) is 4.09. The van der Waals surface area contributed by atoms with Crippen LogP contribution in [0, 0.1) is 0 Å². The Kier molecular flexibility index (Phi) is 4.33. The third kappa shape index (κ3) is 3.66. The van der Waals surface area contributed by atoms with Crippen LogP contribution in [0.3, 0.4) is 0 Å². The van der Waals surface area contributed by atoms with Crippen molar-refractivity contribution in [1.29, 1.82) is 0 Å². The van der Waals surface area contributed by atoms with Gasteiger partial charge in [-0.15, -0.1) is 0 Å². The molecule has 2 aromatic rings. The number of alkyl halides is 3. The van der Waals surface area contributed by atoms with Crippen molar-refractivity contribution >= 4 is 17.3 Å². The molecule has 0 radical (unpaired) electrons. The molecule has 1 unspecified atom stereocenters. The molecule has 0 bridgehead atoms. The molecule has 1 heterocycles. The van der Waals surface area contributed by atoms with Gasteiger partial charge in [-0.25, -0.2) is 4.79 Å². The summed E-state index contributed by atoms with van der Waals surface area (Å²) < 4.78 is 39.4. The number of aliphatic carboxylic acids is 1. The summed E-state index contributed by atoms with van der Waals surface area (Å²) in [4.78, 5) is 11.4. The van der Waals surface area contributed by atoms with E-state index in [1.54, 1.807) is 0 Å². The molecule has 1 atom stereocenters. The highest BCUT2D eigenvalue weighted by molar-refractivity contribution is 5.86. The maximum absolute atomic E-state index is 13.1. The van der Waals surface area contributed by atoms with Crippen LogP contribution in [0.15, 0.2) is 42.5 Å². The number of hydrogen-bond donors (Lipinski definition) is 3. The lowest BCUT2D eigenvalue weighted by molar-refractivity contribution is -0.139. The summed E-state index contributed by atoms with van der Waals surface area (Å²) in [6, 6.07) is 11.3. The summed E-state index contributed by atoms with van der Waals surface area (Å²) in [5, 5.41) is 15.9. The highest BCUT2D eigenvalue weighted by atomic mass is 19.4. The predicted molar refractivity (Wildman–Crippen MR) is 105 cm³/mol. The molecule has 154 valence electrons. The van der Waals surface area contributed by atoms with E-state index in [9.17, 15) is 23.1 Å². The molecule has 0 saturated heterocycles. The van der Waals surface area contributed by atoms with Crippen LogP contribution in [0.5, 0.6) is 0 Å². The summed E-state index contributed by atoms with van der Waals surface area (Å²) in [6.07, 6.45) is -2.56. The molecule has 1 saturated carbocycles. The highest BCUT2D eigenvalue weighted by Crippen LogP contribution is 2.46. The lowest BCUT2D eigenvalue weighted by Crippen LogP contribution is -2.32. The van der Waals surface area contributed by atoms with Crippen LogP contribution in [-0.2, 0) is 16.4 Å². The third-order valence-corrected chi connectivity index (χ3v) is 5.95. The Hall–Kier alpha value is -2.70. The normalized spacial score (nSPS) is 21.6. The molecule has 4 rings (SSSR count). The summed E-state index contributed by atoms with van der Waals surface area (Å²) in [5.41, 5.74) is 1.09. The molecule has 0 amide bonds. The van der Waals surface area contributed by atoms with Crippen LogP contribution in [0.25, 0.3) is 0 Å². The van der Waals surface area contributed by atoms with E-state index in [0.29, 0.717) is 30.5 Å². The maximum atomic E-state index is 13.1. The van der Waals surface area contributed by atoms with Crippen molar-refractivity contribution in [3.63, 3.8) is 0 Å². The average Bonchev–Trinajstić information content (AvgIpc) is 3.41. The molecule has 3 N–H and O–H groups in total. The smallest absolute Gasteiger partial charge is 0.416 e. The van der Waals surface area contributed by atoms with Gasteiger partial charge in [-0.2, -0.15) is 13.2 Å². The summed E-state index contributed by atoms with van der Waals surface area (Å²) >= 11 is 0. The Balaban J connectivity index is 1.62. The van der Waals surface area contributed by atoms with Gasteiger partial charge in [-0.3, -0.25) is 0 Å². The molecule has 0 spiro atoms. The molecule has 4 nitrogen and oxygen atoms in total. The fourth-order valence-corrected chi connectivity index (χ4v) is 4.09. The van der Waals surface area contributed by atoms with Crippen LogP contribution in [0.1, 0.15) is 55.8 Å². The van der Waals surface area contributed by atoms with E-state index in [2.05, 4.69) is 10.6 Å². The first-order chi connectivity index (χ1) is 13.5. The number of anilines is 2. The van der Waals surface area contributed by atoms with E-state index in [-0.39, 0.29) is 6.04 Å². The molecule has 2 aromatic carbocycles. The molecule has 29 heavy (non-hydrogen) atoms.